The number of pyridine rings is 1. The molecule has 2 fully saturated rings. The summed E-state index contributed by atoms with van der Waals surface area (Å²) in [6, 6.07) is 17.3. The monoisotopic (exact) mass is 536 g/mol. The number of aliphatic hydroxyl groups is 2. The molecule has 0 radical (unpaired) electrons. The van der Waals surface area contributed by atoms with Gasteiger partial charge in [0.25, 0.3) is 0 Å². The van der Waals surface area contributed by atoms with Crippen molar-refractivity contribution < 1.29 is 10.2 Å². The highest BCUT2D eigenvalue weighted by atomic mass is 16.3. The molecule has 6 rings (SSSR count). The van der Waals surface area contributed by atoms with Crippen LogP contribution >= 0.6 is 0 Å². The highest BCUT2D eigenvalue weighted by Gasteiger charge is 2.34. The van der Waals surface area contributed by atoms with Gasteiger partial charge >= 0.3 is 0 Å². The van der Waals surface area contributed by atoms with Crippen molar-refractivity contribution in [3.8, 4) is 28.7 Å². The molecule has 2 aliphatic rings. The molecule has 0 saturated heterocycles. The Morgan fingerprint density at radius 3 is 2.52 bits per heavy atom. The summed E-state index contributed by atoms with van der Waals surface area (Å²) >= 11 is 0. The van der Waals surface area contributed by atoms with Crippen molar-refractivity contribution in [2.24, 2.45) is 0 Å². The van der Waals surface area contributed by atoms with Crippen LogP contribution in [-0.4, -0.2) is 52.3 Å². The van der Waals surface area contributed by atoms with Gasteiger partial charge in [-0.05, 0) is 68.9 Å². The molecule has 3 heterocycles. The molecule has 4 aromatic rings. The van der Waals surface area contributed by atoms with Gasteiger partial charge in [0, 0.05) is 11.6 Å². The minimum Gasteiger partial charge on any atom is -0.393 e. The average Bonchev–Trinajstić information content (AvgIpc) is 3.64. The fourth-order valence-corrected chi connectivity index (χ4v) is 5.64. The summed E-state index contributed by atoms with van der Waals surface area (Å²) in [5.74, 6) is 0.477. The minimum absolute atomic E-state index is 0.167. The van der Waals surface area contributed by atoms with Gasteiger partial charge in [-0.1, -0.05) is 36.3 Å². The number of nitrogens with one attached hydrogen (secondary N) is 1. The van der Waals surface area contributed by atoms with E-state index in [0.717, 1.165) is 62.6 Å². The lowest BCUT2D eigenvalue weighted by molar-refractivity contribution is 0.0397. The number of anilines is 1. The van der Waals surface area contributed by atoms with Gasteiger partial charge in [0.2, 0.25) is 5.95 Å². The van der Waals surface area contributed by atoms with Crippen LogP contribution in [0.15, 0.2) is 54.7 Å². The second-order valence-electron chi connectivity index (χ2n) is 10.9. The molecule has 0 amide bonds. The second kappa shape index (κ2) is 11.1. The lowest BCUT2D eigenvalue weighted by Gasteiger charge is -2.26. The maximum atomic E-state index is 11.0. The molecule has 0 unspecified atom stereocenters. The normalized spacial score (nSPS) is 20.2. The van der Waals surface area contributed by atoms with Gasteiger partial charge in [-0.25, -0.2) is 14.6 Å². The first-order valence-electron chi connectivity index (χ1n) is 13.9. The molecule has 0 atom stereocenters. The van der Waals surface area contributed by atoms with Crippen LogP contribution in [0.4, 0.5) is 5.95 Å². The van der Waals surface area contributed by atoms with E-state index in [1.165, 1.54) is 0 Å². The first kappa shape index (κ1) is 26.0. The molecular formula is C30H32N8O2. The zero-order valence-electron chi connectivity index (χ0n) is 22.2. The smallest absolute Gasteiger partial charge is 0.224 e. The number of hydrogen-bond acceptors (Lipinski definition) is 9. The third-order valence-corrected chi connectivity index (χ3v) is 7.88. The van der Waals surface area contributed by atoms with Crippen LogP contribution in [0.5, 0.6) is 0 Å². The molecule has 0 aliphatic heterocycles. The maximum Gasteiger partial charge on any atom is 0.224 e. The van der Waals surface area contributed by atoms with Crippen molar-refractivity contribution in [2.45, 2.75) is 75.7 Å². The molecule has 40 heavy (non-hydrogen) atoms. The number of benzene rings is 1. The Hall–Kier alpha value is -4.20. The van der Waals surface area contributed by atoms with E-state index < -0.39 is 5.60 Å². The van der Waals surface area contributed by atoms with E-state index in [-0.39, 0.29) is 12.1 Å². The standard InChI is InChI=1S/C30H32N8O2/c31-17-20-5-3-6-21(15-20)25-16-26(35-29(34-25)33-22-9-11-24(39)12-10-22)27-19-38(37-36-27)18-23-7-4-8-28(32-23)30(40)13-1-2-14-30/h3-8,15-16,19,22,24,39-40H,1-2,9-14,18H2,(H,33,34,35). The molecule has 1 aromatic carbocycles. The third-order valence-electron chi connectivity index (χ3n) is 7.88. The van der Waals surface area contributed by atoms with E-state index in [0.29, 0.717) is 40.8 Å². The summed E-state index contributed by atoms with van der Waals surface area (Å²) in [5, 5.41) is 42.4. The maximum absolute atomic E-state index is 11.0. The number of rotatable bonds is 7. The number of aromatic nitrogens is 6. The van der Waals surface area contributed by atoms with Crippen molar-refractivity contribution >= 4 is 5.95 Å². The van der Waals surface area contributed by atoms with Crippen molar-refractivity contribution in [1.82, 2.24) is 29.9 Å². The van der Waals surface area contributed by atoms with Crippen molar-refractivity contribution in [3.63, 3.8) is 0 Å². The topological polar surface area (TPSA) is 146 Å². The Kier molecular flexibility index (Phi) is 7.24. The predicted molar refractivity (Wildman–Crippen MR) is 149 cm³/mol. The van der Waals surface area contributed by atoms with Crippen molar-refractivity contribution in [1.29, 1.82) is 5.26 Å². The van der Waals surface area contributed by atoms with E-state index in [9.17, 15) is 15.5 Å². The van der Waals surface area contributed by atoms with Gasteiger partial charge in [-0.15, -0.1) is 5.10 Å². The molecule has 204 valence electrons. The summed E-state index contributed by atoms with van der Waals surface area (Å²) in [6.45, 7) is 0.411. The first-order chi connectivity index (χ1) is 19.5. The van der Waals surface area contributed by atoms with Crippen LogP contribution in [0.1, 0.15) is 68.3 Å². The van der Waals surface area contributed by atoms with E-state index in [1.54, 1.807) is 16.8 Å². The highest BCUT2D eigenvalue weighted by Crippen LogP contribution is 2.37. The number of hydrogen-bond donors (Lipinski definition) is 3. The Bertz CT molecular complexity index is 1530. The van der Waals surface area contributed by atoms with Gasteiger partial charge < -0.3 is 15.5 Å². The summed E-state index contributed by atoms with van der Waals surface area (Å²) in [7, 11) is 0. The largest absolute Gasteiger partial charge is 0.393 e. The summed E-state index contributed by atoms with van der Waals surface area (Å²) < 4.78 is 1.72. The minimum atomic E-state index is -0.844. The van der Waals surface area contributed by atoms with Crippen LogP contribution in [0.2, 0.25) is 0 Å². The van der Waals surface area contributed by atoms with E-state index in [2.05, 4.69) is 21.7 Å². The van der Waals surface area contributed by atoms with Crippen LogP contribution < -0.4 is 5.32 Å². The summed E-state index contributed by atoms with van der Waals surface area (Å²) in [6.07, 6.45) is 8.25. The molecule has 3 N–H and O–H groups in total. The zero-order chi connectivity index (χ0) is 27.5. The molecular weight excluding hydrogens is 504 g/mol. The SMILES string of the molecule is N#Cc1cccc(-c2cc(-c3cn(Cc4cccc(C5(O)CCCC5)n4)nn3)nc(NC3CCC(O)CC3)n2)c1. The van der Waals surface area contributed by atoms with Crippen LogP contribution in [0.3, 0.4) is 0 Å². The van der Waals surface area contributed by atoms with Gasteiger partial charge in [-0.2, -0.15) is 5.26 Å². The molecule has 10 nitrogen and oxygen atoms in total. The van der Waals surface area contributed by atoms with E-state index in [1.807, 2.05) is 42.6 Å². The zero-order valence-corrected chi connectivity index (χ0v) is 22.2. The molecule has 0 bridgehead atoms. The fraction of sp³-hybridized carbons (Fsp3) is 0.400. The lowest BCUT2D eigenvalue weighted by Crippen LogP contribution is -2.29. The Morgan fingerprint density at radius 1 is 0.950 bits per heavy atom. The molecule has 3 aromatic heterocycles. The second-order valence-corrected chi connectivity index (χ2v) is 10.9. The van der Waals surface area contributed by atoms with E-state index >= 15 is 0 Å². The highest BCUT2D eigenvalue weighted by molar-refractivity contribution is 5.68. The van der Waals surface area contributed by atoms with Gasteiger partial charge in [0.05, 0.1) is 53.3 Å². The molecule has 0 spiro atoms. The number of aliphatic hydroxyl groups excluding tert-OH is 1. The van der Waals surface area contributed by atoms with Crippen LogP contribution in [0, 0.1) is 11.3 Å². The molecule has 2 aliphatic carbocycles. The Morgan fingerprint density at radius 2 is 1.73 bits per heavy atom. The van der Waals surface area contributed by atoms with Gasteiger partial charge in [0.15, 0.2) is 0 Å². The van der Waals surface area contributed by atoms with Crippen molar-refractivity contribution in [2.75, 3.05) is 5.32 Å². The quantitative estimate of drug-likeness (QED) is 0.316. The molecule has 2 saturated carbocycles. The lowest BCUT2D eigenvalue weighted by atomic mass is 9.93. The Labute approximate surface area is 232 Å². The molecule has 10 heteroatoms. The third kappa shape index (κ3) is 5.71. The van der Waals surface area contributed by atoms with Crippen molar-refractivity contribution in [3.05, 3.63) is 71.7 Å². The predicted octanol–water partition coefficient (Wildman–Crippen LogP) is 4.19. The van der Waals surface area contributed by atoms with Gasteiger partial charge in [-0.3, -0.25) is 4.98 Å². The number of nitriles is 1. The fourth-order valence-electron chi connectivity index (χ4n) is 5.64. The van der Waals surface area contributed by atoms with Gasteiger partial charge in [0.1, 0.15) is 11.3 Å². The summed E-state index contributed by atoms with van der Waals surface area (Å²) in [5.41, 5.74) is 3.91. The average molecular weight is 537 g/mol. The summed E-state index contributed by atoms with van der Waals surface area (Å²) in [4.78, 5) is 14.3. The Balaban J connectivity index is 1.28. The van der Waals surface area contributed by atoms with Crippen LogP contribution in [0.25, 0.3) is 22.6 Å². The number of nitrogens with zero attached hydrogens (tertiary/aromatic N) is 7. The van der Waals surface area contributed by atoms with E-state index in [4.69, 9.17) is 15.0 Å². The first-order valence-corrected chi connectivity index (χ1v) is 13.9. The van der Waals surface area contributed by atoms with Crippen LogP contribution in [-0.2, 0) is 12.1 Å².